The van der Waals surface area contributed by atoms with Gasteiger partial charge in [-0.25, -0.2) is 0 Å². The minimum atomic E-state index is 0.0955. The first kappa shape index (κ1) is 15.1. The molecule has 116 valence electrons. The van der Waals surface area contributed by atoms with Gasteiger partial charge in [-0.15, -0.1) is 0 Å². The fourth-order valence-electron chi connectivity index (χ4n) is 3.24. The topological polar surface area (TPSA) is 41.7 Å². The van der Waals surface area contributed by atoms with Crippen LogP contribution in [0.4, 0.5) is 5.69 Å². The lowest BCUT2D eigenvalue weighted by atomic mass is 9.85. The van der Waals surface area contributed by atoms with E-state index in [-0.39, 0.29) is 11.5 Å². The molecule has 2 aliphatic rings. The number of anilines is 1. The number of nitrogens with two attached hydrogens (primary N) is 1. The van der Waals surface area contributed by atoms with Gasteiger partial charge in [0.25, 0.3) is 0 Å². The Labute approximate surface area is 131 Å². The molecule has 1 aromatic carbocycles. The molecule has 2 atom stereocenters. The lowest BCUT2D eigenvalue weighted by Gasteiger charge is -2.40. The minimum Gasteiger partial charge on any atom is -0.379 e. The van der Waals surface area contributed by atoms with E-state index in [0.29, 0.717) is 6.61 Å². The third-order valence-corrected chi connectivity index (χ3v) is 4.99. The van der Waals surface area contributed by atoms with E-state index in [1.54, 1.807) is 0 Å². The molecule has 0 saturated carbocycles. The summed E-state index contributed by atoms with van der Waals surface area (Å²) in [6.45, 7) is 8.94. The first-order chi connectivity index (χ1) is 10.1. The van der Waals surface area contributed by atoms with E-state index in [4.69, 9.17) is 22.1 Å². The zero-order valence-corrected chi connectivity index (χ0v) is 13.4. The summed E-state index contributed by atoms with van der Waals surface area (Å²) in [4.78, 5) is 4.91. The Bertz CT molecular complexity index is 490. The zero-order chi connectivity index (χ0) is 14.9. The summed E-state index contributed by atoms with van der Waals surface area (Å²) in [5.74, 6) is 0. The van der Waals surface area contributed by atoms with Crippen LogP contribution in [0, 0.1) is 5.41 Å². The Hall–Kier alpha value is -0.810. The summed E-state index contributed by atoms with van der Waals surface area (Å²) in [7, 11) is 0. The maximum absolute atomic E-state index is 6.19. The summed E-state index contributed by atoms with van der Waals surface area (Å²) < 4.78 is 5.54. The highest BCUT2D eigenvalue weighted by Gasteiger charge is 2.39. The highest BCUT2D eigenvalue weighted by molar-refractivity contribution is 6.30. The normalized spacial score (nSPS) is 30.8. The van der Waals surface area contributed by atoms with E-state index in [9.17, 15) is 0 Å². The van der Waals surface area contributed by atoms with E-state index in [1.807, 2.05) is 18.2 Å². The Balaban J connectivity index is 1.56. The van der Waals surface area contributed by atoms with Gasteiger partial charge in [0.1, 0.15) is 0 Å². The average Bonchev–Trinajstić information content (AvgIpc) is 2.79. The largest absolute Gasteiger partial charge is 0.379 e. The van der Waals surface area contributed by atoms with Crippen molar-refractivity contribution in [3.8, 4) is 0 Å². The van der Waals surface area contributed by atoms with E-state index in [1.165, 1.54) is 5.69 Å². The van der Waals surface area contributed by atoms with Gasteiger partial charge in [-0.2, -0.15) is 0 Å². The van der Waals surface area contributed by atoms with Gasteiger partial charge < -0.3 is 15.4 Å². The van der Waals surface area contributed by atoms with Crippen molar-refractivity contribution in [2.75, 3.05) is 50.8 Å². The quantitative estimate of drug-likeness (QED) is 0.925. The highest BCUT2D eigenvalue weighted by atomic mass is 35.5. The zero-order valence-electron chi connectivity index (χ0n) is 12.6. The van der Waals surface area contributed by atoms with Crippen LogP contribution in [0.15, 0.2) is 24.3 Å². The predicted molar refractivity (Wildman–Crippen MR) is 87.0 cm³/mol. The molecule has 3 rings (SSSR count). The second kappa shape index (κ2) is 6.13. The second-order valence-electron chi connectivity index (χ2n) is 6.52. The molecule has 0 bridgehead atoms. The van der Waals surface area contributed by atoms with Crippen molar-refractivity contribution in [3.63, 3.8) is 0 Å². The van der Waals surface area contributed by atoms with Gasteiger partial charge in [0.15, 0.2) is 0 Å². The van der Waals surface area contributed by atoms with Crippen LogP contribution in [0.25, 0.3) is 0 Å². The van der Waals surface area contributed by atoms with E-state index in [0.717, 1.165) is 44.4 Å². The fraction of sp³-hybridized carbons (Fsp3) is 0.625. The molecule has 2 unspecified atom stereocenters. The number of rotatable bonds is 3. The highest BCUT2D eigenvalue weighted by Crippen LogP contribution is 2.29. The molecule has 5 heteroatoms. The van der Waals surface area contributed by atoms with Crippen molar-refractivity contribution in [2.45, 2.75) is 13.0 Å². The SMILES string of the molecule is CC1(CN2CCN(c3cccc(Cl)c3)CC2)COCC1N. The standard InChI is InChI=1S/C16H24ClN3O/c1-16(12-21-10-15(16)18)11-19-5-7-20(8-6-19)14-4-2-3-13(17)9-14/h2-4,9,15H,5-8,10-12,18H2,1H3. The number of halogens is 1. The molecule has 2 aliphatic heterocycles. The van der Waals surface area contributed by atoms with Crippen molar-refractivity contribution in [1.29, 1.82) is 0 Å². The number of hydrogen-bond donors (Lipinski definition) is 1. The number of hydrogen-bond acceptors (Lipinski definition) is 4. The maximum Gasteiger partial charge on any atom is 0.0624 e. The molecular weight excluding hydrogens is 286 g/mol. The van der Waals surface area contributed by atoms with Gasteiger partial charge in [0.05, 0.1) is 13.2 Å². The smallest absolute Gasteiger partial charge is 0.0624 e. The monoisotopic (exact) mass is 309 g/mol. The summed E-state index contributed by atoms with van der Waals surface area (Å²) in [5, 5.41) is 0.802. The van der Waals surface area contributed by atoms with Crippen LogP contribution >= 0.6 is 11.6 Å². The van der Waals surface area contributed by atoms with Crippen LogP contribution < -0.4 is 10.6 Å². The molecule has 2 saturated heterocycles. The second-order valence-corrected chi connectivity index (χ2v) is 6.96. The van der Waals surface area contributed by atoms with Crippen molar-refractivity contribution < 1.29 is 4.74 Å². The number of piperazine rings is 1. The fourth-order valence-corrected chi connectivity index (χ4v) is 3.42. The minimum absolute atomic E-state index is 0.0955. The molecule has 0 amide bonds. The predicted octanol–water partition coefficient (Wildman–Crippen LogP) is 1.83. The van der Waals surface area contributed by atoms with Crippen LogP contribution in [-0.4, -0.2) is 56.9 Å². The van der Waals surface area contributed by atoms with Crippen LogP contribution in [0.2, 0.25) is 5.02 Å². The Morgan fingerprint density at radius 1 is 1.33 bits per heavy atom. The molecule has 2 fully saturated rings. The van der Waals surface area contributed by atoms with E-state index < -0.39 is 0 Å². The lowest BCUT2D eigenvalue weighted by molar-refractivity contribution is 0.115. The molecule has 0 aromatic heterocycles. The van der Waals surface area contributed by atoms with Gasteiger partial charge >= 0.3 is 0 Å². The van der Waals surface area contributed by atoms with E-state index >= 15 is 0 Å². The summed E-state index contributed by atoms with van der Waals surface area (Å²) >= 11 is 6.08. The molecule has 0 spiro atoms. The Morgan fingerprint density at radius 3 is 2.71 bits per heavy atom. The Morgan fingerprint density at radius 2 is 2.10 bits per heavy atom. The summed E-state index contributed by atoms with van der Waals surface area (Å²) in [6.07, 6.45) is 0. The third-order valence-electron chi connectivity index (χ3n) is 4.75. The van der Waals surface area contributed by atoms with E-state index in [2.05, 4.69) is 22.8 Å². The summed E-state index contributed by atoms with van der Waals surface area (Å²) in [6, 6.07) is 8.26. The van der Waals surface area contributed by atoms with Crippen LogP contribution in [-0.2, 0) is 4.74 Å². The van der Waals surface area contributed by atoms with Crippen molar-refractivity contribution in [1.82, 2.24) is 4.90 Å². The van der Waals surface area contributed by atoms with Gasteiger partial charge in [-0.05, 0) is 18.2 Å². The lowest BCUT2D eigenvalue weighted by Crippen LogP contribution is -2.53. The van der Waals surface area contributed by atoms with Crippen LogP contribution in [0.1, 0.15) is 6.92 Å². The van der Waals surface area contributed by atoms with Gasteiger partial charge in [-0.3, -0.25) is 4.90 Å². The van der Waals surface area contributed by atoms with Gasteiger partial charge in [0.2, 0.25) is 0 Å². The van der Waals surface area contributed by atoms with Crippen molar-refractivity contribution in [2.24, 2.45) is 11.1 Å². The molecule has 2 N–H and O–H groups in total. The molecule has 4 nitrogen and oxygen atoms in total. The Kier molecular flexibility index (Phi) is 4.41. The maximum atomic E-state index is 6.19. The molecule has 21 heavy (non-hydrogen) atoms. The molecule has 0 radical (unpaired) electrons. The summed E-state index contributed by atoms with van der Waals surface area (Å²) in [5.41, 5.74) is 7.50. The van der Waals surface area contributed by atoms with Crippen molar-refractivity contribution >= 4 is 17.3 Å². The van der Waals surface area contributed by atoms with Crippen LogP contribution in [0.5, 0.6) is 0 Å². The number of nitrogens with zero attached hydrogens (tertiary/aromatic N) is 2. The van der Waals surface area contributed by atoms with Gasteiger partial charge in [-0.1, -0.05) is 24.6 Å². The first-order valence-electron chi connectivity index (χ1n) is 7.63. The van der Waals surface area contributed by atoms with Crippen LogP contribution in [0.3, 0.4) is 0 Å². The molecule has 2 heterocycles. The average molecular weight is 310 g/mol. The molecular formula is C16H24ClN3O. The first-order valence-corrected chi connectivity index (χ1v) is 8.01. The molecule has 1 aromatic rings. The number of benzene rings is 1. The molecule has 0 aliphatic carbocycles. The number of ether oxygens (including phenoxy) is 1. The third kappa shape index (κ3) is 3.34. The van der Waals surface area contributed by atoms with Gasteiger partial charge in [0, 0.05) is 54.9 Å². The van der Waals surface area contributed by atoms with Crippen molar-refractivity contribution in [3.05, 3.63) is 29.3 Å².